The lowest BCUT2D eigenvalue weighted by molar-refractivity contribution is -0.125. The van der Waals surface area contributed by atoms with E-state index in [0.717, 1.165) is 25.5 Å². The van der Waals surface area contributed by atoms with E-state index in [1.165, 1.54) is 31.9 Å². The molecule has 8 nitrogen and oxygen atoms in total. The molecule has 3 heterocycles. The molecule has 2 aromatic rings. The first-order valence-corrected chi connectivity index (χ1v) is 9.65. The SMILES string of the molecule is COCC(=O)N[C@@H]1CN(Cc2cnn(C3CCC3)c2)C[C@H]1c1nccn1C. The van der Waals surface area contributed by atoms with Crippen molar-refractivity contribution in [3.8, 4) is 0 Å². The van der Waals surface area contributed by atoms with Gasteiger partial charge >= 0.3 is 0 Å². The second-order valence-electron chi connectivity index (χ2n) is 7.72. The first-order chi connectivity index (χ1) is 13.1. The summed E-state index contributed by atoms with van der Waals surface area (Å²) in [5.41, 5.74) is 1.23. The van der Waals surface area contributed by atoms with E-state index in [2.05, 4.69) is 31.2 Å². The fraction of sp³-hybridized carbons (Fsp3) is 0.632. The van der Waals surface area contributed by atoms with Crippen LogP contribution in [0.15, 0.2) is 24.8 Å². The largest absolute Gasteiger partial charge is 0.375 e. The predicted octanol–water partition coefficient (Wildman–Crippen LogP) is 1.07. The molecule has 0 radical (unpaired) electrons. The van der Waals surface area contributed by atoms with Gasteiger partial charge in [-0.25, -0.2) is 4.98 Å². The molecule has 1 aliphatic carbocycles. The van der Waals surface area contributed by atoms with E-state index in [1.54, 1.807) is 0 Å². The van der Waals surface area contributed by atoms with Crippen LogP contribution in [0, 0.1) is 0 Å². The van der Waals surface area contributed by atoms with Crippen LogP contribution in [0.3, 0.4) is 0 Å². The summed E-state index contributed by atoms with van der Waals surface area (Å²) in [6.07, 6.45) is 11.7. The number of imidazole rings is 1. The van der Waals surface area contributed by atoms with Crippen molar-refractivity contribution in [1.82, 2.24) is 29.5 Å². The monoisotopic (exact) mass is 372 g/mol. The van der Waals surface area contributed by atoms with Gasteiger partial charge in [-0.3, -0.25) is 14.4 Å². The number of nitrogens with one attached hydrogen (secondary N) is 1. The highest BCUT2D eigenvalue weighted by Crippen LogP contribution is 2.31. The van der Waals surface area contributed by atoms with Gasteiger partial charge in [0.2, 0.25) is 5.91 Å². The van der Waals surface area contributed by atoms with E-state index < -0.39 is 0 Å². The fourth-order valence-electron chi connectivity index (χ4n) is 4.10. The van der Waals surface area contributed by atoms with Crippen molar-refractivity contribution >= 4 is 5.91 Å². The minimum absolute atomic E-state index is 0.0235. The third-order valence-corrected chi connectivity index (χ3v) is 5.72. The Kier molecular flexibility index (Phi) is 5.27. The third kappa shape index (κ3) is 3.91. The summed E-state index contributed by atoms with van der Waals surface area (Å²) in [7, 11) is 3.54. The standard InChI is InChI=1S/C19H28N6O2/c1-23-7-6-20-19(23)16-11-24(12-17(16)22-18(26)13-27-2)9-14-8-21-25(10-14)15-4-3-5-15/h6-8,10,15-17H,3-5,9,11-13H2,1-2H3,(H,22,26)/t16-,17-/m1/s1. The van der Waals surface area contributed by atoms with E-state index in [9.17, 15) is 4.79 Å². The number of likely N-dealkylation sites (tertiary alicyclic amines) is 1. The van der Waals surface area contributed by atoms with E-state index in [1.807, 2.05) is 30.2 Å². The third-order valence-electron chi connectivity index (χ3n) is 5.72. The van der Waals surface area contributed by atoms with Gasteiger partial charge in [0.25, 0.3) is 0 Å². The number of carbonyl (C=O) groups excluding carboxylic acids is 1. The van der Waals surface area contributed by atoms with Crippen LogP contribution in [0.1, 0.15) is 42.6 Å². The number of carbonyl (C=O) groups is 1. The highest BCUT2D eigenvalue weighted by Gasteiger charge is 2.37. The normalized spacial score (nSPS) is 23.5. The van der Waals surface area contributed by atoms with Gasteiger partial charge in [0.15, 0.2) is 0 Å². The molecular weight excluding hydrogens is 344 g/mol. The van der Waals surface area contributed by atoms with Gasteiger partial charge < -0.3 is 14.6 Å². The van der Waals surface area contributed by atoms with Crippen LogP contribution < -0.4 is 5.32 Å². The minimum Gasteiger partial charge on any atom is -0.375 e. The number of aromatic nitrogens is 4. The summed E-state index contributed by atoms with van der Waals surface area (Å²) < 4.78 is 9.12. The van der Waals surface area contributed by atoms with Crippen molar-refractivity contribution in [1.29, 1.82) is 0 Å². The Balaban J connectivity index is 1.45. The van der Waals surface area contributed by atoms with Gasteiger partial charge in [-0.1, -0.05) is 0 Å². The summed E-state index contributed by atoms with van der Waals surface area (Å²) in [5, 5.41) is 7.67. The molecule has 146 valence electrons. The lowest BCUT2D eigenvalue weighted by atomic mass is 9.93. The number of nitrogens with zero attached hydrogens (tertiary/aromatic N) is 5. The van der Waals surface area contributed by atoms with Crippen LogP contribution in [-0.2, 0) is 23.1 Å². The van der Waals surface area contributed by atoms with Gasteiger partial charge in [0, 0.05) is 57.9 Å². The minimum atomic E-state index is -0.0821. The molecule has 1 amide bonds. The zero-order chi connectivity index (χ0) is 18.8. The quantitative estimate of drug-likeness (QED) is 0.787. The van der Waals surface area contributed by atoms with Crippen LogP contribution in [0.5, 0.6) is 0 Å². The molecule has 1 saturated heterocycles. The zero-order valence-electron chi connectivity index (χ0n) is 16.0. The average Bonchev–Trinajstić information content (AvgIpc) is 3.28. The Bertz CT molecular complexity index is 781. The van der Waals surface area contributed by atoms with Crippen molar-refractivity contribution < 1.29 is 9.53 Å². The molecule has 8 heteroatoms. The summed E-state index contributed by atoms with van der Waals surface area (Å²) in [6.45, 7) is 2.57. The average molecular weight is 372 g/mol. The first-order valence-electron chi connectivity index (χ1n) is 9.65. The Morgan fingerprint density at radius 3 is 2.89 bits per heavy atom. The van der Waals surface area contributed by atoms with Crippen LogP contribution in [-0.4, -0.2) is 63.0 Å². The maximum Gasteiger partial charge on any atom is 0.246 e. The number of ether oxygens (including phenoxy) is 1. The Labute approximate surface area is 159 Å². The smallest absolute Gasteiger partial charge is 0.246 e. The van der Waals surface area contributed by atoms with Crippen LogP contribution in [0.2, 0.25) is 0 Å². The van der Waals surface area contributed by atoms with Crippen molar-refractivity contribution in [2.24, 2.45) is 7.05 Å². The molecule has 0 bridgehead atoms. The molecule has 2 aliphatic rings. The van der Waals surface area contributed by atoms with E-state index in [-0.39, 0.29) is 24.5 Å². The van der Waals surface area contributed by atoms with Crippen molar-refractivity contribution in [3.63, 3.8) is 0 Å². The maximum absolute atomic E-state index is 12.1. The summed E-state index contributed by atoms with van der Waals surface area (Å²) in [5.74, 6) is 1.08. The highest BCUT2D eigenvalue weighted by atomic mass is 16.5. The van der Waals surface area contributed by atoms with E-state index >= 15 is 0 Å². The molecule has 27 heavy (non-hydrogen) atoms. The van der Waals surface area contributed by atoms with Gasteiger partial charge in [0.05, 0.1) is 24.2 Å². The molecule has 1 N–H and O–H groups in total. The number of aryl methyl sites for hydroxylation is 1. The second kappa shape index (κ2) is 7.82. The van der Waals surface area contributed by atoms with Crippen LogP contribution in [0.4, 0.5) is 0 Å². The fourth-order valence-corrected chi connectivity index (χ4v) is 4.10. The Hall–Kier alpha value is -2.19. The number of amides is 1. The van der Waals surface area contributed by atoms with Crippen molar-refractivity contribution in [2.75, 3.05) is 26.8 Å². The maximum atomic E-state index is 12.1. The first kappa shape index (κ1) is 18.2. The summed E-state index contributed by atoms with van der Waals surface area (Å²) >= 11 is 0. The molecule has 0 aromatic carbocycles. The molecule has 2 fully saturated rings. The number of methoxy groups -OCH3 is 1. The summed E-state index contributed by atoms with van der Waals surface area (Å²) in [4.78, 5) is 19.0. The van der Waals surface area contributed by atoms with Crippen molar-refractivity contribution in [3.05, 3.63) is 36.2 Å². The number of hydrogen-bond donors (Lipinski definition) is 1. The lowest BCUT2D eigenvalue weighted by Gasteiger charge is -2.25. The van der Waals surface area contributed by atoms with Gasteiger partial charge in [0.1, 0.15) is 12.4 Å². The van der Waals surface area contributed by atoms with Crippen molar-refractivity contribution in [2.45, 2.75) is 43.8 Å². The molecule has 1 aliphatic heterocycles. The van der Waals surface area contributed by atoms with Gasteiger partial charge in [-0.15, -0.1) is 0 Å². The topological polar surface area (TPSA) is 77.2 Å². The molecule has 2 aromatic heterocycles. The van der Waals surface area contributed by atoms with Gasteiger partial charge in [-0.05, 0) is 19.3 Å². The molecular formula is C19H28N6O2. The highest BCUT2D eigenvalue weighted by molar-refractivity contribution is 5.77. The van der Waals surface area contributed by atoms with E-state index in [4.69, 9.17) is 4.74 Å². The predicted molar refractivity (Wildman–Crippen MR) is 100 cm³/mol. The Morgan fingerprint density at radius 2 is 2.22 bits per heavy atom. The molecule has 2 atom stereocenters. The molecule has 0 unspecified atom stereocenters. The zero-order valence-corrected chi connectivity index (χ0v) is 16.0. The molecule has 4 rings (SSSR count). The number of rotatable bonds is 7. The summed E-state index contributed by atoms with van der Waals surface area (Å²) in [6, 6.07) is 0.606. The molecule has 1 saturated carbocycles. The Morgan fingerprint density at radius 1 is 1.37 bits per heavy atom. The van der Waals surface area contributed by atoms with Crippen LogP contribution >= 0.6 is 0 Å². The number of hydrogen-bond acceptors (Lipinski definition) is 5. The molecule has 0 spiro atoms. The van der Waals surface area contributed by atoms with E-state index in [0.29, 0.717) is 6.04 Å². The lowest BCUT2D eigenvalue weighted by Crippen LogP contribution is -2.41. The second-order valence-corrected chi connectivity index (χ2v) is 7.72. The van der Waals surface area contributed by atoms with Crippen LogP contribution in [0.25, 0.3) is 0 Å². The van der Waals surface area contributed by atoms with Gasteiger partial charge in [-0.2, -0.15) is 5.10 Å².